The SMILES string of the molecule is COCOc1cc(-c2ncc3c(N4CCCCC4)nc(OCC4(CO[Si](c5ccccc5)(c5ccccc5)C(C)(C)C)CC4)nc3c2F)c2c(C#C[Si](C(C)C)(C(C)C)C(C)C)c(F)ccc2c1. The van der Waals surface area contributed by atoms with Gasteiger partial charge >= 0.3 is 6.01 Å². The van der Waals surface area contributed by atoms with Crippen molar-refractivity contribution in [2.75, 3.05) is 45.1 Å². The zero-order valence-corrected chi connectivity index (χ0v) is 43.6. The van der Waals surface area contributed by atoms with Crippen molar-refractivity contribution in [2.45, 2.75) is 116 Å². The summed E-state index contributed by atoms with van der Waals surface area (Å²) in [7, 11) is -3.56. The van der Waals surface area contributed by atoms with E-state index in [4.69, 9.17) is 33.6 Å². The van der Waals surface area contributed by atoms with E-state index in [9.17, 15) is 0 Å². The first-order valence-corrected chi connectivity index (χ1v) is 28.6. The lowest BCUT2D eigenvalue weighted by molar-refractivity contribution is 0.0512. The highest BCUT2D eigenvalue weighted by Gasteiger charge is 2.53. The van der Waals surface area contributed by atoms with Gasteiger partial charge in [0.1, 0.15) is 36.7 Å². The fourth-order valence-electron chi connectivity index (χ4n) is 10.9. The van der Waals surface area contributed by atoms with Gasteiger partial charge in [-0.3, -0.25) is 4.98 Å². The lowest BCUT2D eigenvalue weighted by Crippen LogP contribution is -2.67. The van der Waals surface area contributed by atoms with E-state index >= 15 is 8.78 Å². The van der Waals surface area contributed by atoms with Crippen molar-refractivity contribution in [1.29, 1.82) is 0 Å². The molecule has 8 rings (SSSR count). The third-order valence-electron chi connectivity index (χ3n) is 14.7. The summed E-state index contributed by atoms with van der Waals surface area (Å²) in [5, 5.41) is 3.86. The molecule has 0 spiro atoms. The van der Waals surface area contributed by atoms with Crippen LogP contribution in [0.5, 0.6) is 11.8 Å². The van der Waals surface area contributed by atoms with Crippen LogP contribution in [-0.2, 0) is 9.16 Å². The number of benzene rings is 4. The van der Waals surface area contributed by atoms with E-state index in [1.165, 1.54) is 23.5 Å². The lowest BCUT2D eigenvalue weighted by Gasteiger charge is -2.43. The molecule has 0 bridgehead atoms. The van der Waals surface area contributed by atoms with Crippen LogP contribution in [0.4, 0.5) is 14.6 Å². The zero-order chi connectivity index (χ0) is 48.4. The van der Waals surface area contributed by atoms with Gasteiger partial charge in [0, 0.05) is 49.4 Å². The van der Waals surface area contributed by atoms with Crippen molar-refractivity contribution in [2.24, 2.45) is 5.41 Å². The van der Waals surface area contributed by atoms with E-state index in [1.807, 2.05) is 6.07 Å². The van der Waals surface area contributed by atoms with Crippen molar-refractivity contribution in [3.8, 4) is 34.5 Å². The molecular weight excluding hydrogens is 887 g/mol. The number of anilines is 1. The average molecular weight is 955 g/mol. The van der Waals surface area contributed by atoms with Gasteiger partial charge in [-0.15, -0.1) is 5.54 Å². The Hall–Kier alpha value is -5.20. The monoisotopic (exact) mass is 954 g/mol. The highest BCUT2D eigenvalue weighted by Crippen LogP contribution is 2.49. The third-order valence-corrected chi connectivity index (χ3v) is 26.0. The molecule has 0 unspecified atom stereocenters. The molecule has 0 amide bonds. The van der Waals surface area contributed by atoms with Crippen LogP contribution in [0.1, 0.15) is 100.0 Å². The van der Waals surface area contributed by atoms with Crippen LogP contribution in [0.2, 0.25) is 21.7 Å². The summed E-state index contributed by atoms with van der Waals surface area (Å²) in [5.74, 6) is 3.25. The van der Waals surface area contributed by atoms with Crippen LogP contribution >= 0.6 is 0 Å². The van der Waals surface area contributed by atoms with E-state index in [0.717, 1.165) is 45.2 Å². The Bertz CT molecular complexity index is 2740. The predicted octanol–water partition coefficient (Wildman–Crippen LogP) is 12.4. The van der Waals surface area contributed by atoms with Crippen molar-refractivity contribution >= 4 is 54.3 Å². The minimum absolute atomic E-state index is 0.00529. The fourth-order valence-corrected chi connectivity index (χ4v) is 20.8. The maximum Gasteiger partial charge on any atom is 0.319 e. The summed E-state index contributed by atoms with van der Waals surface area (Å²) in [6.45, 7) is 22.5. The van der Waals surface area contributed by atoms with Crippen LogP contribution < -0.4 is 24.7 Å². The molecule has 3 heterocycles. The highest BCUT2D eigenvalue weighted by molar-refractivity contribution is 6.99. The van der Waals surface area contributed by atoms with Crippen LogP contribution in [0.25, 0.3) is 32.9 Å². The van der Waals surface area contributed by atoms with Gasteiger partial charge in [-0.25, -0.2) is 8.78 Å². The summed E-state index contributed by atoms with van der Waals surface area (Å²) >= 11 is 0. The maximum atomic E-state index is 17.9. The first-order valence-electron chi connectivity index (χ1n) is 24.5. The van der Waals surface area contributed by atoms with E-state index in [2.05, 4.69) is 139 Å². The molecule has 2 fully saturated rings. The normalized spacial score (nSPS) is 15.3. The Balaban J connectivity index is 1.22. The van der Waals surface area contributed by atoms with Gasteiger partial charge in [-0.1, -0.05) is 135 Å². The second-order valence-corrected chi connectivity index (χ2v) is 30.9. The number of hydrogen-bond acceptors (Lipinski definition) is 8. The lowest BCUT2D eigenvalue weighted by atomic mass is 9.95. The molecular formula is C56H68F2N4O4Si2. The Labute approximate surface area is 404 Å². The molecule has 8 nitrogen and oxygen atoms in total. The van der Waals surface area contributed by atoms with Crippen molar-refractivity contribution in [3.63, 3.8) is 0 Å². The number of fused-ring (bicyclic) bond motifs is 2. The van der Waals surface area contributed by atoms with Gasteiger partial charge < -0.3 is 23.5 Å². The summed E-state index contributed by atoms with van der Waals surface area (Å²) in [6, 6.07) is 28.1. The first kappa shape index (κ1) is 49.2. The topological polar surface area (TPSA) is 78.8 Å². The molecule has 0 radical (unpaired) electrons. The molecule has 0 atom stereocenters. The number of pyridine rings is 1. The fraction of sp³-hybridized carbons (Fsp3) is 0.446. The van der Waals surface area contributed by atoms with Crippen LogP contribution in [0, 0.1) is 28.5 Å². The molecule has 1 aliphatic heterocycles. The summed E-state index contributed by atoms with van der Waals surface area (Å²) < 4.78 is 59.5. The number of hydrogen-bond donors (Lipinski definition) is 0. The van der Waals surface area contributed by atoms with E-state index in [1.54, 1.807) is 18.3 Å². The summed E-state index contributed by atoms with van der Waals surface area (Å²) in [6.07, 6.45) is 6.58. The number of nitrogens with zero attached hydrogens (tertiary/aromatic N) is 4. The smallest absolute Gasteiger partial charge is 0.319 e. The Morgan fingerprint density at radius 3 is 1.99 bits per heavy atom. The predicted molar refractivity (Wildman–Crippen MR) is 277 cm³/mol. The Morgan fingerprint density at radius 1 is 0.779 bits per heavy atom. The summed E-state index contributed by atoms with van der Waals surface area (Å²) in [5.41, 5.74) is 5.09. The second kappa shape index (κ2) is 20.0. The molecule has 6 aromatic rings. The minimum atomic E-state index is -2.81. The zero-order valence-electron chi connectivity index (χ0n) is 41.6. The highest BCUT2D eigenvalue weighted by atomic mass is 28.4. The van der Waals surface area contributed by atoms with E-state index in [0.29, 0.717) is 63.1 Å². The van der Waals surface area contributed by atoms with Gasteiger partial charge in [-0.2, -0.15) is 9.97 Å². The molecule has 1 saturated carbocycles. The first-order chi connectivity index (χ1) is 32.5. The van der Waals surface area contributed by atoms with Crippen LogP contribution in [0.3, 0.4) is 0 Å². The number of ether oxygens (including phenoxy) is 3. The molecule has 0 N–H and O–H groups in total. The molecule has 68 heavy (non-hydrogen) atoms. The number of methoxy groups -OCH3 is 1. The number of piperidine rings is 1. The van der Waals surface area contributed by atoms with Crippen molar-refractivity contribution in [1.82, 2.24) is 15.0 Å². The molecule has 12 heteroatoms. The number of halogens is 2. The van der Waals surface area contributed by atoms with E-state index < -0.39 is 28.0 Å². The van der Waals surface area contributed by atoms with Crippen molar-refractivity contribution < 1.29 is 27.4 Å². The second-order valence-electron chi connectivity index (χ2n) is 21.0. The quantitative estimate of drug-likeness (QED) is 0.0539. The van der Waals surface area contributed by atoms with Crippen LogP contribution in [-0.4, -0.2) is 71.5 Å². The molecule has 358 valence electrons. The maximum absolute atomic E-state index is 17.9. The molecule has 2 aliphatic rings. The molecule has 2 aromatic heterocycles. The van der Waals surface area contributed by atoms with E-state index in [-0.39, 0.29) is 40.0 Å². The number of rotatable bonds is 16. The standard InChI is InChI=1S/C56H68F2N4O4Si2/c1-38(2)67(39(3)4,40(5)6)31-26-45-48(57)25-24-41-32-42(65-37-63-10)33-46(49(41)45)51-50(58)52-47(34-59-51)53(62-29-18-13-19-30-62)61-54(60-52)64-35-56(27-28-56)36-66-68(55(7,8)9,43-20-14-11-15-21-43)44-22-16-12-17-23-44/h11-12,14-17,20-25,32-34,38-40H,13,18-19,27-30,35-37H2,1-10H3. The van der Waals surface area contributed by atoms with Gasteiger partial charge in [0.25, 0.3) is 8.32 Å². The molecule has 4 aromatic carbocycles. The summed E-state index contributed by atoms with van der Waals surface area (Å²) in [4.78, 5) is 16.9. The van der Waals surface area contributed by atoms with Gasteiger partial charge in [0.2, 0.25) is 0 Å². The number of aromatic nitrogens is 3. The Kier molecular flexibility index (Phi) is 14.5. The van der Waals surface area contributed by atoms with Crippen LogP contribution in [0.15, 0.2) is 91.1 Å². The van der Waals surface area contributed by atoms with Gasteiger partial charge in [-0.05, 0) is 87.7 Å². The van der Waals surface area contributed by atoms with Crippen molar-refractivity contribution in [3.05, 3.63) is 108 Å². The average Bonchev–Trinajstić information content (AvgIpc) is 4.11. The molecule has 1 saturated heterocycles. The van der Waals surface area contributed by atoms with Gasteiger partial charge in [0.15, 0.2) is 12.6 Å². The largest absolute Gasteiger partial charge is 0.468 e. The third kappa shape index (κ3) is 9.44. The van der Waals surface area contributed by atoms with Gasteiger partial charge in [0.05, 0.1) is 17.6 Å². The Morgan fingerprint density at radius 2 is 1.41 bits per heavy atom. The minimum Gasteiger partial charge on any atom is -0.468 e. The molecule has 1 aliphatic carbocycles.